The van der Waals surface area contributed by atoms with Gasteiger partial charge in [-0.1, -0.05) is 39.2 Å². The highest BCUT2D eigenvalue weighted by molar-refractivity contribution is 5.98. The molecule has 0 radical (unpaired) electrons. The van der Waals surface area contributed by atoms with Crippen LogP contribution in [0.5, 0.6) is 0 Å². The number of allylic oxidation sites excluding steroid dienone is 2. The SMILES string of the molecule is CCCCC1=NC2C(=C1)CCC(C)C=C2C1CCCC1. The van der Waals surface area contributed by atoms with Gasteiger partial charge < -0.3 is 0 Å². The van der Waals surface area contributed by atoms with Gasteiger partial charge in [-0.15, -0.1) is 0 Å². The van der Waals surface area contributed by atoms with Crippen LogP contribution in [-0.2, 0) is 0 Å². The summed E-state index contributed by atoms with van der Waals surface area (Å²) in [5, 5.41) is 0. The first-order valence-corrected chi connectivity index (χ1v) is 8.76. The largest absolute Gasteiger partial charge is 0.278 e. The fraction of sp³-hybridized carbons (Fsp3) is 0.737. The van der Waals surface area contributed by atoms with Crippen molar-refractivity contribution in [2.45, 2.75) is 77.7 Å². The van der Waals surface area contributed by atoms with Crippen LogP contribution in [0.3, 0.4) is 0 Å². The van der Waals surface area contributed by atoms with Crippen LogP contribution in [-0.4, -0.2) is 11.8 Å². The van der Waals surface area contributed by atoms with E-state index in [0.29, 0.717) is 6.04 Å². The highest BCUT2D eigenvalue weighted by Gasteiger charge is 2.32. The quantitative estimate of drug-likeness (QED) is 0.601. The smallest absolute Gasteiger partial charge is 0.0929 e. The predicted octanol–water partition coefficient (Wildman–Crippen LogP) is 5.47. The lowest BCUT2D eigenvalue weighted by molar-refractivity contribution is 0.595. The first-order chi connectivity index (χ1) is 9.78. The lowest BCUT2D eigenvalue weighted by Crippen LogP contribution is -2.15. The number of aliphatic imine (C=N–C) groups is 1. The van der Waals surface area contributed by atoms with Crippen molar-refractivity contribution in [3.8, 4) is 0 Å². The van der Waals surface area contributed by atoms with Gasteiger partial charge in [0, 0.05) is 5.71 Å². The Morgan fingerprint density at radius 3 is 2.75 bits per heavy atom. The summed E-state index contributed by atoms with van der Waals surface area (Å²) in [7, 11) is 0. The molecule has 3 rings (SSSR count). The molecule has 1 aliphatic heterocycles. The van der Waals surface area contributed by atoms with E-state index in [1.165, 1.54) is 63.5 Å². The minimum atomic E-state index is 0.440. The van der Waals surface area contributed by atoms with Gasteiger partial charge in [0.1, 0.15) is 0 Å². The molecule has 0 amide bonds. The molecule has 1 fully saturated rings. The van der Waals surface area contributed by atoms with Gasteiger partial charge in [0.2, 0.25) is 0 Å². The van der Waals surface area contributed by atoms with Crippen LogP contribution in [0.1, 0.15) is 71.6 Å². The summed E-state index contributed by atoms with van der Waals surface area (Å²) >= 11 is 0. The highest BCUT2D eigenvalue weighted by atomic mass is 14.8. The molecule has 0 N–H and O–H groups in total. The minimum Gasteiger partial charge on any atom is -0.278 e. The monoisotopic (exact) mass is 271 g/mol. The van der Waals surface area contributed by atoms with E-state index in [1.807, 2.05) is 0 Å². The van der Waals surface area contributed by atoms with Gasteiger partial charge in [0.15, 0.2) is 0 Å². The summed E-state index contributed by atoms with van der Waals surface area (Å²) in [5.41, 5.74) is 4.69. The zero-order valence-electron chi connectivity index (χ0n) is 13.2. The number of nitrogens with zero attached hydrogens (tertiary/aromatic N) is 1. The first kappa shape index (κ1) is 14.1. The highest BCUT2D eigenvalue weighted by Crippen LogP contribution is 2.41. The minimum absolute atomic E-state index is 0.440. The lowest BCUT2D eigenvalue weighted by atomic mass is 9.88. The first-order valence-electron chi connectivity index (χ1n) is 8.76. The van der Waals surface area contributed by atoms with E-state index in [1.54, 1.807) is 11.1 Å². The van der Waals surface area contributed by atoms with Gasteiger partial charge in [-0.05, 0) is 67.6 Å². The van der Waals surface area contributed by atoms with Crippen LogP contribution in [0, 0.1) is 11.8 Å². The fourth-order valence-corrected chi connectivity index (χ4v) is 4.09. The van der Waals surface area contributed by atoms with E-state index in [0.717, 1.165) is 11.8 Å². The molecular formula is C19H29N. The number of unbranched alkanes of at least 4 members (excludes halogenated alkanes) is 1. The third kappa shape index (κ3) is 2.92. The second-order valence-corrected chi connectivity index (χ2v) is 7.01. The summed E-state index contributed by atoms with van der Waals surface area (Å²) in [5.74, 6) is 1.57. The van der Waals surface area contributed by atoms with Crippen molar-refractivity contribution in [2.75, 3.05) is 0 Å². The summed E-state index contributed by atoms with van der Waals surface area (Å²) < 4.78 is 0. The summed E-state index contributed by atoms with van der Waals surface area (Å²) in [6.45, 7) is 4.66. The van der Waals surface area contributed by atoms with E-state index < -0.39 is 0 Å². The summed E-state index contributed by atoms with van der Waals surface area (Å²) in [6.07, 6.45) is 17.0. The molecule has 0 aromatic carbocycles. The van der Waals surface area contributed by atoms with Gasteiger partial charge >= 0.3 is 0 Å². The number of hydrogen-bond donors (Lipinski definition) is 0. The van der Waals surface area contributed by atoms with Crippen molar-refractivity contribution >= 4 is 5.71 Å². The molecule has 0 spiro atoms. The Hall–Kier alpha value is -0.850. The molecular weight excluding hydrogens is 242 g/mol. The van der Waals surface area contributed by atoms with Gasteiger partial charge in [-0.2, -0.15) is 0 Å². The van der Waals surface area contributed by atoms with E-state index in [4.69, 9.17) is 4.99 Å². The molecule has 20 heavy (non-hydrogen) atoms. The Balaban J connectivity index is 1.83. The summed E-state index contributed by atoms with van der Waals surface area (Å²) in [4.78, 5) is 5.12. The molecule has 0 bridgehead atoms. The maximum Gasteiger partial charge on any atom is 0.0929 e. The molecule has 2 aliphatic carbocycles. The van der Waals surface area contributed by atoms with Crippen LogP contribution in [0.25, 0.3) is 0 Å². The molecule has 110 valence electrons. The van der Waals surface area contributed by atoms with Gasteiger partial charge in [0.05, 0.1) is 6.04 Å². The molecule has 1 heteroatoms. The molecule has 0 aromatic heterocycles. The predicted molar refractivity (Wildman–Crippen MR) is 87.3 cm³/mol. The van der Waals surface area contributed by atoms with Crippen LogP contribution >= 0.6 is 0 Å². The van der Waals surface area contributed by atoms with Crippen LogP contribution in [0.4, 0.5) is 0 Å². The number of hydrogen-bond acceptors (Lipinski definition) is 1. The zero-order chi connectivity index (χ0) is 13.9. The lowest BCUT2D eigenvalue weighted by Gasteiger charge is -2.20. The van der Waals surface area contributed by atoms with Crippen molar-refractivity contribution in [3.05, 3.63) is 23.3 Å². The fourth-order valence-electron chi connectivity index (χ4n) is 4.09. The van der Waals surface area contributed by atoms with Crippen molar-refractivity contribution in [1.29, 1.82) is 0 Å². The Kier molecular flexibility index (Phi) is 4.43. The molecule has 1 nitrogen and oxygen atoms in total. The van der Waals surface area contributed by atoms with Crippen molar-refractivity contribution < 1.29 is 0 Å². The Bertz CT molecular complexity index is 435. The molecule has 2 atom stereocenters. The van der Waals surface area contributed by atoms with Gasteiger partial charge in [0.25, 0.3) is 0 Å². The van der Waals surface area contributed by atoms with E-state index in [9.17, 15) is 0 Å². The average molecular weight is 271 g/mol. The second kappa shape index (κ2) is 6.28. The van der Waals surface area contributed by atoms with Gasteiger partial charge in [-0.3, -0.25) is 4.99 Å². The van der Waals surface area contributed by atoms with Crippen LogP contribution in [0.2, 0.25) is 0 Å². The maximum atomic E-state index is 5.12. The van der Waals surface area contributed by atoms with Gasteiger partial charge in [-0.25, -0.2) is 0 Å². The molecule has 0 saturated heterocycles. The standard InChI is InChI=1S/C19H29N/c1-3-4-9-17-13-16-11-10-14(2)12-18(19(16)20-17)15-7-5-6-8-15/h12-15,19H,3-11H2,1-2H3. The molecule has 1 saturated carbocycles. The van der Waals surface area contributed by atoms with Crippen LogP contribution < -0.4 is 0 Å². The van der Waals surface area contributed by atoms with E-state index in [-0.39, 0.29) is 0 Å². The number of fused-ring (bicyclic) bond motifs is 1. The van der Waals surface area contributed by atoms with E-state index >= 15 is 0 Å². The van der Waals surface area contributed by atoms with Crippen molar-refractivity contribution in [2.24, 2.45) is 16.8 Å². The Morgan fingerprint density at radius 1 is 1.20 bits per heavy atom. The topological polar surface area (TPSA) is 12.4 Å². The zero-order valence-corrected chi connectivity index (χ0v) is 13.2. The van der Waals surface area contributed by atoms with Crippen molar-refractivity contribution in [1.82, 2.24) is 0 Å². The third-order valence-corrected chi connectivity index (χ3v) is 5.29. The second-order valence-electron chi connectivity index (χ2n) is 7.01. The molecule has 1 heterocycles. The Labute approximate surface area is 124 Å². The average Bonchev–Trinajstić information content (AvgIpc) is 3.08. The Morgan fingerprint density at radius 2 is 2.00 bits per heavy atom. The van der Waals surface area contributed by atoms with Crippen molar-refractivity contribution in [3.63, 3.8) is 0 Å². The molecule has 3 aliphatic rings. The normalized spacial score (nSPS) is 30.6. The van der Waals surface area contributed by atoms with E-state index in [2.05, 4.69) is 26.0 Å². The third-order valence-electron chi connectivity index (χ3n) is 5.29. The molecule has 2 unspecified atom stereocenters. The van der Waals surface area contributed by atoms with Crippen LogP contribution in [0.15, 0.2) is 28.3 Å². The number of rotatable bonds is 4. The summed E-state index contributed by atoms with van der Waals surface area (Å²) in [6, 6.07) is 0.440. The maximum absolute atomic E-state index is 5.12. The molecule has 0 aromatic rings.